The highest BCUT2D eigenvalue weighted by atomic mass is 16.4. The fourth-order valence-electron chi connectivity index (χ4n) is 1.52. The molecule has 0 radical (unpaired) electrons. The quantitative estimate of drug-likeness (QED) is 0.837. The summed E-state index contributed by atoms with van der Waals surface area (Å²) in [5.41, 5.74) is 1.37. The molecule has 0 aromatic carbocycles. The molecule has 0 bridgehead atoms. The Morgan fingerprint density at radius 3 is 2.81 bits per heavy atom. The lowest BCUT2D eigenvalue weighted by Gasteiger charge is -1.93. The molecule has 0 spiro atoms. The Morgan fingerprint density at radius 2 is 2.25 bits per heavy atom. The smallest absolute Gasteiger partial charge is 0.339 e. The number of carbonyl (C=O) groups is 1. The number of aromatic carboxylic acids is 1. The minimum atomic E-state index is -0.979. The Kier molecular flexibility index (Phi) is 2.47. The summed E-state index contributed by atoms with van der Waals surface area (Å²) < 4.78 is 3.22. The van der Waals surface area contributed by atoms with Crippen molar-refractivity contribution in [2.24, 2.45) is 7.05 Å². The van der Waals surface area contributed by atoms with Crippen LogP contribution in [0.25, 0.3) is 11.3 Å². The molecule has 0 aliphatic rings. The van der Waals surface area contributed by atoms with E-state index in [2.05, 4.69) is 10.2 Å². The average molecular weight is 220 g/mol. The monoisotopic (exact) mass is 220 g/mol. The SMILES string of the molecule is CCn1cc(-c2nn(C)cc2C(=O)O)cn1. The second-order valence-electron chi connectivity index (χ2n) is 3.45. The second kappa shape index (κ2) is 3.80. The third-order valence-electron chi connectivity index (χ3n) is 2.29. The highest BCUT2D eigenvalue weighted by Gasteiger charge is 2.17. The number of carboxylic acids is 1. The van der Waals surface area contributed by atoms with E-state index in [4.69, 9.17) is 5.11 Å². The van der Waals surface area contributed by atoms with Crippen molar-refractivity contribution in [3.8, 4) is 11.3 Å². The van der Waals surface area contributed by atoms with Crippen molar-refractivity contribution in [2.75, 3.05) is 0 Å². The zero-order chi connectivity index (χ0) is 11.7. The van der Waals surface area contributed by atoms with Crippen LogP contribution >= 0.6 is 0 Å². The lowest BCUT2D eigenvalue weighted by Crippen LogP contribution is -1.96. The van der Waals surface area contributed by atoms with Crippen LogP contribution in [0.15, 0.2) is 18.6 Å². The largest absolute Gasteiger partial charge is 0.478 e. The molecule has 16 heavy (non-hydrogen) atoms. The van der Waals surface area contributed by atoms with Crippen LogP contribution in [0.4, 0.5) is 0 Å². The van der Waals surface area contributed by atoms with E-state index >= 15 is 0 Å². The van der Waals surface area contributed by atoms with Gasteiger partial charge >= 0.3 is 5.97 Å². The van der Waals surface area contributed by atoms with Gasteiger partial charge in [0.15, 0.2) is 0 Å². The number of aryl methyl sites for hydroxylation is 2. The summed E-state index contributed by atoms with van der Waals surface area (Å²) in [5, 5.41) is 17.3. The standard InChI is InChI=1S/C10H12N4O2/c1-3-14-5-7(4-11-14)9-8(10(15)16)6-13(2)12-9/h4-6H,3H2,1-2H3,(H,15,16). The molecule has 1 N–H and O–H groups in total. The minimum absolute atomic E-state index is 0.193. The number of hydrogen-bond donors (Lipinski definition) is 1. The fourth-order valence-corrected chi connectivity index (χ4v) is 1.52. The van der Waals surface area contributed by atoms with Crippen LogP contribution in [0, 0.1) is 0 Å². The van der Waals surface area contributed by atoms with E-state index in [-0.39, 0.29) is 5.56 Å². The summed E-state index contributed by atoms with van der Waals surface area (Å²) in [6.45, 7) is 2.71. The summed E-state index contributed by atoms with van der Waals surface area (Å²) in [5.74, 6) is -0.979. The molecule has 0 saturated heterocycles. The third kappa shape index (κ3) is 1.69. The maximum atomic E-state index is 11.0. The first kappa shape index (κ1) is 10.4. The number of aromatic nitrogens is 4. The Hall–Kier alpha value is -2.11. The molecule has 0 fully saturated rings. The van der Waals surface area contributed by atoms with Gasteiger partial charge in [-0.05, 0) is 6.92 Å². The maximum absolute atomic E-state index is 11.0. The Balaban J connectivity index is 2.50. The van der Waals surface area contributed by atoms with Crippen molar-refractivity contribution < 1.29 is 9.90 Å². The van der Waals surface area contributed by atoms with E-state index < -0.39 is 5.97 Å². The van der Waals surface area contributed by atoms with Gasteiger partial charge in [0.05, 0.1) is 6.20 Å². The van der Waals surface area contributed by atoms with Gasteiger partial charge in [-0.25, -0.2) is 4.79 Å². The van der Waals surface area contributed by atoms with Gasteiger partial charge < -0.3 is 5.11 Å². The van der Waals surface area contributed by atoms with Crippen LogP contribution in [-0.2, 0) is 13.6 Å². The van der Waals surface area contributed by atoms with Crippen molar-refractivity contribution in [3.05, 3.63) is 24.2 Å². The predicted molar refractivity (Wildman–Crippen MR) is 57.1 cm³/mol. The van der Waals surface area contributed by atoms with Gasteiger partial charge in [-0.1, -0.05) is 0 Å². The first-order chi connectivity index (χ1) is 7.61. The lowest BCUT2D eigenvalue weighted by molar-refractivity contribution is 0.0697. The summed E-state index contributed by atoms with van der Waals surface area (Å²) >= 11 is 0. The Morgan fingerprint density at radius 1 is 1.50 bits per heavy atom. The summed E-state index contributed by atoms with van der Waals surface area (Å²) in [4.78, 5) is 11.0. The molecule has 0 aliphatic carbocycles. The van der Waals surface area contributed by atoms with Gasteiger partial charge in [0.2, 0.25) is 0 Å². The lowest BCUT2D eigenvalue weighted by atomic mass is 10.1. The number of hydrogen-bond acceptors (Lipinski definition) is 3. The normalized spacial score (nSPS) is 10.6. The number of nitrogens with zero attached hydrogens (tertiary/aromatic N) is 4. The van der Waals surface area contributed by atoms with Crippen molar-refractivity contribution >= 4 is 5.97 Å². The van der Waals surface area contributed by atoms with E-state index in [9.17, 15) is 4.79 Å². The summed E-state index contributed by atoms with van der Waals surface area (Å²) in [6, 6.07) is 0. The van der Waals surface area contributed by atoms with E-state index in [1.807, 2.05) is 6.92 Å². The first-order valence-corrected chi connectivity index (χ1v) is 4.91. The molecule has 2 aromatic rings. The number of rotatable bonds is 3. The van der Waals surface area contributed by atoms with Gasteiger partial charge in [0, 0.05) is 31.5 Å². The van der Waals surface area contributed by atoms with Crippen LogP contribution in [-0.4, -0.2) is 30.6 Å². The number of carboxylic acid groups (broad SMARTS) is 1. The van der Waals surface area contributed by atoms with Crippen LogP contribution in [0.3, 0.4) is 0 Å². The molecular weight excluding hydrogens is 208 g/mol. The van der Waals surface area contributed by atoms with Gasteiger partial charge in [0.25, 0.3) is 0 Å². The molecule has 6 heteroatoms. The molecule has 2 heterocycles. The Labute approximate surface area is 92.1 Å². The molecule has 0 aliphatic heterocycles. The summed E-state index contributed by atoms with van der Waals surface area (Å²) in [6.07, 6.45) is 4.90. The van der Waals surface area contributed by atoms with E-state index in [1.54, 1.807) is 24.1 Å². The van der Waals surface area contributed by atoms with Crippen LogP contribution in [0.5, 0.6) is 0 Å². The topological polar surface area (TPSA) is 72.9 Å². The molecule has 84 valence electrons. The van der Waals surface area contributed by atoms with E-state index in [0.29, 0.717) is 5.69 Å². The highest BCUT2D eigenvalue weighted by Crippen LogP contribution is 2.21. The maximum Gasteiger partial charge on any atom is 0.339 e. The molecular formula is C10H12N4O2. The van der Waals surface area contributed by atoms with Crippen molar-refractivity contribution in [3.63, 3.8) is 0 Å². The van der Waals surface area contributed by atoms with Crippen LogP contribution in [0.1, 0.15) is 17.3 Å². The first-order valence-electron chi connectivity index (χ1n) is 4.91. The van der Waals surface area contributed by atoms with Crippen LogP contribution in [0.2, 0.25) is 0 Å². The van der Waals surface area contributed by atoms with Gasteiger partial charge in [0.1, 0.15) is 11.3 Å². The minimum Gasteiger partial charge on any atom is -0.478 e. The third-order valence-corrected chi connectivity index (χ3v) is 2.29. The highest BCUT2D eigenvalue weighted by molar-refractivity contribution is 5.94. The molecule has 0 atom stereocenters. The zero-order valence-corrected chi connectivity index (χ0v) is 9.08. The van der Waals surface area contributed by atoms with Gasteiger partial charge in [-0.3, -0.25) is 9.36 Å². The molecule has 0 unspecified atom stereocenters. The average Bonchev–Trinajstić information content (AvgIpc) is 2.82. The zero-order valence-electron chi connectivity index (χ0n) is 9.08. The predicted octanol–water partition coefficient (Wildman–Crippen LogP) is 1.00. The van der Waals surface area contributed by atoms with E-state index in [1.165, 1.54) is 10.9 Å². The van der Waals surface area contributed by atoms with Crippen molar-refractivity contribution in [1.82, 2.24) is 19.6 Å². The molecule has 2 rings (SSSR count). The molecule has 2 aromatic heterocycles. The molecule has 6 nitrogen and oxygen atoms in total. The Bertz CT molecular complexity index is 527. The molecule has 0 amide bonds. The van der Waals surface area contributed by atoms with Crippen molar-refractivity contribution in [2.45, 2.75) is 13.5 Å². The van der Waals surface area contributed by atoms with Gasteiger partial charge in [-0.15, -0.1) is 0 Å². The van der Waals surface area contributed by atoms with Gasteiger partial charge in [-0.2, -0.15) is 10.2 Å². The second-order valence-corrected chi connectivity index (χ2v) is 3.45. The summed E-state index contributed by atoms with van der Waals surface area (Å²) in [7, 11) is 1.69. The fraction of sp³-hybridized carbons (Fsp3) is 0.300. The van der Waals surface area contributed by atoms with Crippen molar-refractivity contribution in [1.29, 1.82) is 0 Å². The van der Waals surface area contributed by atoms with E-state index in [0.717, 1.165) is 12.1 Å². The molecule has 0 saturated carbocycles. The van der Waals surface area contributed by atoms with Crippen LogP contribution < -0.4 is 0 Å².